The van der Waals surface area contributed by atoms with Gasteiger partial charge in [-0.3, -0.25) is 14.6 Å². The quantitative estimate of drug-likeness (QED) is 0.757. The van der Waals surface area contributed by atoms with Gasteiger partial charge in [0, 0.05) is 51.4 Å². The van der Waals surface area contributed by atoms with Crippen LogP contribution in [0.4, 0.5) is 11.8 Å². The molecule has 0 unspecified atom stereocenters. The molecule has 31 heavy (non-hydrogen) atoms. The van der Waals surface area contributed by atoms with Gasteiger partial charge in [-0.2, -0.15) is 4.98 Å². The van der Waals surface area contributed by atoms with Crippen molar-refractivity contribution >= 4 is 23.6 Å². The van der Waals surface area contributed by atoms with Crippen molar-refractivity contribution < 1.29 is 9.59 Å². The highest BCUT2D eigenvalue weighted by molar-refractivity contribution is 5.98. The van der Waals surface area contributed by atoms with Crippen molar-refractivity contribution in [2.24, 2.45) is 0 Å². The Kier molecular flexibility index (Phi) is 6.01. The van der Waals surface area contributed by atoms with Gasteiger partial charge in [0.05, 0.1) is 18.8 Å². The lowest BCUT2D eigenvalue weighted by Gasteiger charge is -2.34. The van der Waals surface area contributed by atoms with E-state index < -0.39 is 0 Å². The molecule has 1 saturated heterocycles. The number of carbonyl (C=O) groups excluding carboxylic acids is 2. The summed E-state index contributed by atoms with van der Waals surface area (Å²) in [4.78, 5) is 44.2. The van der Waals surface area contributed by atoms with Crippen molar-refractivity contribution in [1.29, 1.82) is 0 Å². The van der Waals surface area contributed by atoms with E-state index in [2.05, 4.69) is 22.2 Å². The summed E-state index contributed by atoms with van der Waals surface area (Å²) in [5.74, 6) is 1.25. The number of anilines is 2. The van der Waals surface area contributed by atoms with Crippen molar-refractivity contribution in [2.75, 3.05) is 42.9 Å². The molecule has 1 N–H and O–H groups in total. The molecule has 2 aliphatic rings. The maximum absolute atomic E-state index is 13.0. The molecule has 1 fully saturated rings. The molecular formula is C22H29N7O2. The van der Waals surface area contributed by atoms with Gasteiger partial charge in [0.25, 0.3) is 5.91 Å². The number of aryl methyl sites for hydroxylation is 1. The van der Waals surface area contributed by atoms with E-state index in [0.717, 1.165) is 23.2 Å². The number of fused-ring (bicyclic) bond motifs is 1. The van der Waals surface area contributed by atoms with Gasteiger partial charge in [0.1, 0.15) is 11.5 Å². The van der Waals surface area contributed by atoms with Crippen LogP contribution >= 0.6 is 0 Å². The minimum atomic E-state index is -0.0422. The van der Waals surface area contributed by atoms with E-state index in [9.17, 15) is 9.59 Å². The maximum Gasteiger partial charge on any atom is 0.273 e. The third-order valence-corrected chi connectivity index (χ3v) is 5.74. The number of amides is 2. The molecule has 9 nitrogen and oxygen atoms in total. The topological polar surface area (TPSA) is 94.6 Å². The van der Waals surface area contributed by atoms with Gasteiger partial charge in [-0.1, -0.05) is 13.0 Å². The molecule has 2 aliphatic heterocycles. The van der Waals surface area contributed by atoms with Crippen molar-refractivity contribution in [3.8, 4) is 0 Å². The van der Waals surface area contributed by atoms with Crippen LogP contribution in [0.25, 0.3) is 0 Å². The Bertz CT molecular complexity index is 969. The number of piperazine rings is 1. The Morgan fingerprint density at radius 3 is 2.58 bits per heavy atom. The van der Waals surface area contributed by atoms with Gasteiger partial charge in [-0.05, 0) is 25.0 Å². The Hall–Kier alpha value is -3.23. The van der Waals surface area contributed by atoms with Crippen LogP contribution in [0.3, 0.4) is 0 Å². The van der Waals surface area contributed by atoms with Gasteiger partial charge >= 0.3 is 0 Å². The maximum atomic E-state index is 13.0. The average Bonchev–Trinajstić information content (AvgIpc) is 3.09. The van der Waals surface area contributed by atoms with Crippen molar-refractivity contribution in [3.05, 3.63) is 40.8 Å². The monoisotopic (exact) mass is 423 g/mol. The molecule has 4 rings (SSSR count). The summed E-state index contributed by atoms with van der Waals surface area (Å²) in [7, 11) is 0. The molecule has 0 atom stereocenters. The Morgan fingerprint density at radius 1 is 1.16 bits per heavy atom. The van der Waals surface area contributed by atoms with E-state index in [1.54, 1.807) is 6.92 Å². The number of nitrogens with zero attached hydrogens (tertiary/aromatic N) is 6. The lowest BCUT2D eigenvalue weighted by Crippen LogP contribution is -2.48. The molecule has 9 heteroatoms. The molecule has 164 valence electrons. The first-order chi connectivity index (χ1) is 15.0. The lowest BCUT2D eigenvalue weighted by atomic mass is 10.2. The molecule has 2 amide bonds. The highest BCUT2D eigenvalue weighted by Gasteiger charge is 2.33. The summed E-state index contributed by atoms with van der Waals surface area (Å²) in [6.45, 7) is 9.92. The number of hydrogen-bond donors (Lipinski definition) is 1. The van der Waals surface area contributed by atoms with Crippen molar-refractivity contribution in [2.45, 2.75) is 40.3 Å². The number of pyridine rings is 1. The van der Waals surface area contributed by atoms with Crippen LogP contribution in [-0.4, -0.2) is 69.3 Å². The second-order valence-electron chi connectivity index (χ2n) is 8.10. The fourth-order valence-corrected chi connectivity index (χ4v) is 3.95. The van der Waals surface area contributed by atoms with Crippen LogP contribution in [-0.2, 0) is 17.9 Å². The van der Waals surface area contributed by atoms with Crippen molar-refractivity contribution in [3.63, 3.8) is 0 Å². The standard InChI is InChI=1S/C22H29N7O2/c1-4-7-29-14-18-19(21(29)31)25-22(28-10-8-27(9-11-28)16(3)30)26-20(18)24-13-17-6-5-15(2)12-23-17/h5-6,12H,4,7-11,13-14H2,1-3H3,(H,24,25,26). The van der Waals surface area contributed by atoms with Crippen LogP contribution in [0.1, 0.15) is 47.6 Å². The molecular weight excluding hydrogens is 394 g/mol. The summed E-state index contributed by atoms with van der Waals surface area (Å²) >= 11 is 0. The van der Waals surface area contributed by atoms with Gasteiger partial charge in [0.2, 0.25) is 11.9 Å². The van der Waals surface area contributed by atoms with Crippen LogP contribution < -0.4 is 10.2 Å². The number of hydrogen-bond acceptors (Lipinski definition) is 7. The molecule has 0 radical (unpaired) electrons. The molecule has 4 heterocycles. The Labute approximate surface area is 182 Å². The summed E-state index contributed by atoms with van der Waals surface area (Å²) in [6, 6.07) is 4.01. The zero-order chi connectivity index (χ0) is 22.0. The predicted octanol–water partition coefficient (Wildman–Crippen LogP) is 1.83. The fourth-order valence-electron chi connectivity index (χ4n) is 3.95. The van der Waals surface area contributed by atoms with Crippen LogP contribution in [0.5, 0.6) is 0 Å². The fraction of sp³-hybridized carbons (Fsp3) is 0.500. The van der Waals surface area contributed by atoms with E-state index in [1.165, 1.54) is 0 Å². The number of carbonyl (C=O) groups is 2. The highest BCUT2D eigenvalue weighted by Crippen LogP contribution is 2.30. The van der Waals surface area contributed by atoms with E-state index >= 15 is 0 Å². The minimum Gasteiger partial charge on any atom is -0.364 e. The molecule has 0 saturated carbocycles. The summed E-state index contributed by atoms with van der Waals surface area (Å²) in [5.41, 5.74) is 3.34. The first-order valence-corrected chi connectivity index (χ1v) is 10.8. The van der Waals surface area contributed by atoms with Crippen LogP contribution in [0, 0.1) is 6.92 Å². The first-order valence-electron chi connectivity index (χ1n) is 10.8. The largest absolute Gasteiger partial charge is 0.364 e. The zero-order valence-corrected chi connectivity index (χ0v) is 18.4. The van der Waals surface area contributed by atoms with E-state index in [0.29, 0.717) is 63.3 Å². The Balaban J connectivity index is 1.60. The summed E-state index contributed by atoms with van der Waals surface area (Å²) < 4.78 is 0. The number of nitrogens with one attached hydrogen (secondary N) is 1. The Morgan fingerprint density at radius 2 is 1.94 bits per heavy atom. The SMILES string of the molecule is CCCN1Cc2c(NCc3ccc(C)cn3)nc(N3CCN(C(C)=O)CC3)nc2C1=O. The lowest BCUT2D eigenvalue weighted by molar-refractivity contribution is -0.129. The van der Waals surface area contributed by atoms with Crippen LogP contribution in [0.2, 0.25) is 0 Å². The third-order valence-electron chi connectivity index (χ3n) is 5.74. The highest BCUT2D eigenvalue weighted by atomic mass is 16.2. The molecule has 0 bridgehead atoms. The third kappa shape index (κ3) is 4.45. The van der Waals surface area contributed by atoms with Gasteiger partial charge in [-0.15, -0.1) is 0 Å². The summed E-state index contributed by atoms with van der Waals surface area (Å²) in [6.07, 6.45) is 2.73. The average molecular weight is 424 g/mol. The smallest absolute Gasteiger partial charge is 0.273 e. The molecule has 2 aromatic heterocycles. The molecule has 2 aromatic rings. The number of rotatable bonds is 6. The van der Waals surface area contributed by atoms with Gasteiger partial charge in [-0.25, -0.2) is 4.98 Å². The van der Waals surface area contributed by atoms with E-state index in [-0.39, 0.29) is 11.8 Å². The normalized spacial score (nSPS) is 16.0. The minimum absolute atomic E-state index is 0.0422. The zero-order valence-electron chi connectivity index (χ0n) is 18.4. The van der Waals surface area contributed by atoms with Gasteiger partial charge < -0.3 is 20.0 Å². The van der Waals surface area contributed by atoms with Crippen LogP contribution in [0.15, 0.2) is 18.3 Å². The summed E-state index contributed by atoms with van der Waals surface area (Å²) in [5, 5.41) is 3.39. The second kappa shape index (κ2) is 8.87. The molecule has 0 aliphatic carbocycles. The van der Waals surface area contributed by atoms with E-state index in [4.69, 9.17) is 4.98 Å². The predicted molar refractivity (Wildman–Crippen MR) is 118 cm³/mol. The molecule has 0 spiro atoms. The second-order valence-corrected chi connectivity index (χ2v) is 8.10. The van der Waals surface area contributed by atoms with Gasteiger partial charge in [0.15, 0.2) is 0 Å². The van der Waals surface area contributed by atoms with Crippen molar-refractivity contribution in [1.82, 2.24) is 24.8 Å². The number of aromatic nitrogens is 3. The first kappa shape index (κ1) is 21.0. The molecule has 0 aromatic carbocycles. The van der Waals surface area contributed by atoms with E-state index in [1.807, 2.05) is 40.0 Å².